The third-order valence-electron chi connectivity index (χ3n) is 8.67. The molecule has 0 aromatic heterocycles. The number of aliphatic hydroxyl groups excluding tert-OH is 1. The largest absolute Gasteiger partial charge is 0.472 e. The predicted octanol–water partition coefficient (Wildman–Crippen LogP) is 10.2. The predicted molar refractivity (Wildman–Crippen MR) is 203 cm³/mol. The summed E-state index contributed by atoms with van der Waals surface area (Å²) in [6.45, 7) is 4.69. The maximum atomic E-state index is 12.7. The van der Waals surface area contributed by atoms with Crippen LogP contribution in [-0.2, 0) is 18.4 Å². The summed E-state index contributed by atoms with van der Waals surface area (Å²) < 4.78 is 23.3. The van der Waals surface area contributed by atoms with Crippen molar-refractivity contribution in [1.29, 1.82) is 0 Å². The SMILES string of the molecule is CCCCC/C=C/C(O)C(COP(=O)(O)OCC[N+](C)(C)C)NC(=O)CCCCCCCCCCC/C=C\CCCCCCCCCC. The summed E-state index contributed by atoms with van der Waals surface area (Å²) in [5.41, 5.74) is 0. The van der Waals surface area contributed by atoms with Crippen molar-refractivity contribution in [2.75, 3.05) is 40.9 Å². The molecular weight excluding hydrogens is 623 g/mol. The molecular formula is C39H78N2O6P+. The number of hydrogen-bond acceptors (Lipinski definition) is 5. The highest BCUT2D eigenvalue weighted by atomic mass is 31.2. The van der Waals surface area contributed by atoms with E-state index in [9.17, 15) is 19.4 Å². The van der Waals surface area contributed by atoms with Crippen LogP contribution in [0.4, 0.5) is 0 Å². The minimum Gasteiger partial charge on any atom is -0.387 e. The number of rotatable bonds is 35. The van der Waals surface area contributed by atoms with Crippen molar-refractivity contribution < 1.29 is 32.9 Å². The van der Waals surface area contributed by atoms with E-state index in [1.165, 1.54) is 103 Å². The summed E-state index contributed by atoms with van der Waals surface area (Å²) >= 11 is 0. The summed E-state index contributed by atoms with van der Waals surface area (Å²) in [6.07, 6.45) is 35.7. The number of carbonyl (C=O) groups is 1. The molecule has 0 heterocycles. The molecule has 0 aliphatic rings. The molecule has 0 bridgehead atoms. The van der Waals surface area contributed by atoms with E-state index in [2.05, 4.69) is 31.3 Å². The lowest BCUT2D eigenvalue weighted by Crippen LogP contribution is -2.45. The van der Waals surface area contributed by atoms with Gasteiger partial charge in [-0.3, -0.25) is 13.8 Å². The zero-order chi connectivity index (χ0) is 35.8. The maximum Gasteiger partial charge on any atom is 0.472 e. The van der Waals surface area contributed by atoms with Crippen molar-refractivity contribution >= 4 is 13.7 Å². The second-order valence-corrected chi connectivity index (χ2v) is 16.1. The van der Waals surface area contributed by atoms with Gasteiger partial charge < -0.3 is 19.8 Å². The molecule has 0 aliphatic heterocycles. The van der Waals surface area contributed by atoms with Gasteiger partial charge in [0.15, 0.2) is 0 Å². The van der Waals surface area contributed by atoms with Crippen LogP contribution < -0.4 is 5.32 Å². The highest BCUT2D eigenvalue weighted by molar-refractivity contribution is 7.47. The first-order valence-corrected chi connectivity index (χ1v) is 21.2. The Kier molecular flexibility index (Phi) is 31.2. The van der Waals surface area contributed by atoms with Gasteiger partial charge in [-0.25, -0.2) is 4.57 Å². The fourth-order valence-corrected chi connectivity index (χ4v) is 6.18. The molecule has 3 atom stereocenters. The van der Waals surface area contributed by atoms with E-state index >= 15 is 0 Å². The van der Waals surface area contributed by atoms with Crippen LogP contribution in [0.5, 0.6) is 0 Å². The minimum atomic E-state index is -4.32. The molecule has 0 saturated heterocycles. The van der Waals surface area contributed by atoms with Gasteiger partial charge in [-0.15, -0.1) is 0 Å². The number of hydrogen-bond donors (Lipinski definition) is 3. The van der Waals surface area contributed by atoms with E-state index in [0.717, 1.165) is 44.9 Å². The van der Waals surface area contributed by atoms with E-state index < -0.39 is 20.0 Å². The molecule has 9 heteroatoms. The van der Waals surface area contributed by atoms with Gasteiger partial charge in [0.2, 0.25) is 5.91 Å². The smallest absolute Gasteiger partial charge is 0.387 e. The van der Waals surface area contributed by atoms with Gasteiger partial charge in [-0.2, -0.15) is 0 Å². The van der Waals surface area contributed by atoms with Gasteiger partial charge >= 0.3 is 7.82 Å². The van der Waals surface area contributed by atoms with Crippen molar-refractivity contribution in [3.05, 3.63) is 24.3 Å². The topological polar surface area (TPSA) is 105 Å². The summed E-state index contributed by atoms with van der Waals surface area (Å²) in [5.74, 6) is -0.187. The molecule has 0 saturated carbocycles. The molecule has 0 spiro atoms. The Bertz CT molecular complexity index is 845. The van der Waals surface area contributed by atoms with Crippen LogP contribution in [0.3, 0.4) is 0 Å². The molecule has 0 radical (unpaired) electrons. The number of nitrogens with zero attached hydrogens (tertiary/aromatic N) is 1. The average molecular weight is 702 g/mol. The van der Waals surface area contributed by atoms with E-state index in [4.69, 9.17) is 9.05 Å². The molecule has 8 nitrogen and oxygen atoms in total. The van der Waals surface area contributed by atoms with E-state index in [-0.39, 0.29) is 19.1 Å². The standard InChI is InChI=1S/C39H77N2O6P/c1-6-8-10-12-13-14-15-16-17-18-19-20-21-22-23-24-25-26-27-29-31-33-39(43)40-37(38(42)32-30-28-11-9-7-2)36-47-48(44,45)46-35-34-41(3,4)5/h18-19,30,32,37-38,42H,6-17,20-29,31,33-36H2,1-5H3,(H-,40,43,44,45)/p+1/b19-18-,32-30+. The Hall–Kier alpha value is -1.02. The third-order valence-corrected chi connectivity index (χ3v) is 9.65. The summed E-state index contributed by atoms with van der Waals surface area (Å²) in [6, 6.07) is -0.840. The van der Waals surface area contributed by atoms with Crippen molar-refractivity contribution in [2.24, 2.45) is 0 Å². The van der Waals surface area contributed by atoms with Crippen LogP contribution in [0.2, 0.25) is 0 Å². The molecule has 0 aliphatic carbocycles. The molecule has 0 rings (SSSR count). The van der Waals surface area contributed by atoms with Crippen LogP contribution in [0.25, 0.3) is 0 Å². The van der Waals surface area contributed by atoms with Crippen LogP contribution in [0.15, 0.2) is 24.3 Å². The molecule has 0 aromatic rings. The first-order valence-electron chi connectivity index (χ1n) is 19.7. The number of phosphoric ester groups is 1. The fraction of sp³-hybridized carbons (Fsp3) is 0.872. The van der Waals surface area contributed by atoms with E-state index in [1.54, 1.807) is 6.08 Å². The number of phosphoric acid groups is 1. The molecule has 0 aromatic carbocycles. The Labute approximate surface area is 296 Å². The lowest BCUT2D eigenvalue weighted by molar-refractivity contribution is -0.870. The number of aliphatic hydroxyl groups is 1. The monoisotopic (exact) mass is 702 g/mol. The normalized spacial score (nSPS) is 14.9. The second kappa shape index (κ2) is 31.9. The third kappa shape index (κ3) is 33.5. The zero-order valence-corrected chi connectivity index (χ0v) is 32.9. The van der Waals surface area contributed by atoms with Crippen LogP contribution in [0.1, 0.15) is 168 Å². The molecule has 1 amide bonds. The summed E-state index contributed by atoms with van der Waals surface area (Å²) in [7, 11) is 1.56. The maximum absolute atomic E-state index is 12.7. The highest BCUT2D eigenvalue weighted by Crippen LogP contribution is 2.43. The van der Waals surface area contributed by atoms with Crippen molar-refractivity contribution in [3.8, 4) is 0 Å². The lowest BCUT2D eigenvalue weighted by Gasteiger charge is -2.25. The average Bonchev–Trinajstić information content (AvgIpc) is 3.02. The van der Waals surface area contributed by atoms with Crippen LogP contribution in [0, 0.1) is 0 Å². The van der Waals surface area contributed by atoms with E-state index in [0.29, 0.717) is 17.4 Å². The van der Waals surface area contributed by atoms with Crippen molar-refractivity contribution in [1.82, 2.24) is 5.32 Å². The van der Waals surface area contributed by atoms with Gasteiger partial charge in [0, 0.05) is 6.42 Å². The number of amides is 1. The minimum absolute atomic E-state index is 0.0608. The van der Waals surface area contributed by atoms with Crippen molar-refractivity contribution in [3.63, 3.8) is 0 Å². The molecule has 48 heavy (non-hydrogen) atoms. The first-order chi connectivity index (χ1) is 23.0. The van der Waals surface area contributed by atoms with E-state index in [1.807, 2.05) is 27.2 Å². The molecule has 3 unspecified atom stereocenters. The van der Waals surface area contributed by atoms with Crippen LogP contribution >= 0.6 is 7.82 Å². The molecule has 0 fully saturated rings. The van der Waals surface area contributed by atoms with Crippen LogP contribution in [-0.4, -0.2) is 73.4 Å². The van der Waals surface area contributed by atoms with Crippen molar-refractivity contribution in [2.45, 2.75) is 180 Å². The Morgan fingerprint density at radius 2 is 1.12 bits per heavy atom. The number of carbonyl (C=O) groups excluding carboxylic acids is 1. The molecule has 3 N–H and O–H groups in total. The van der Waals surface area contributed by atoms with Gasteiger partial charge in [0.1, 0.15) is 13.2 Å². The van der Waals surface area contributed by atoms with Gasteiger partial charge in [0.25, 0.3) is 0 Å². The fourth-order valence-electron chi connectivity index (χ4n) is 5.45. The lowest BCUT2D eigenvalue weighted by atomic mass is 10.0. The number of likely N-dealkylation sites (N-methyl/N-ethyl adjacent to an activating group) is 1. The summed E-state index contributed by atoms with van der Waals surface area (Å²) in [5, 5.41) is 13.6. The quantitative estimate of drug-likeness (QED) is 0.0263. The number of nitrogens with one attached hydrogen (secondary N) is 1. The number of quaternary nitrogens is 1. The van der Waals surface area contributed by atoms with Gasteiger partial charge in [-0.05, 0) is 44.9 Å². The Morgan fingerprint density at radius 3 is 1.65 bits per heavy atom. The summed E-state index contributed by atoms with van der Waals surface area (Å²) in [4.78, 5) is 22.8. The Morgan fingerprint density at radius 1 is 0.688 bits per heavy atom. The highest BCUT2D eigenvalue weighted by Gasteiger charge is 2.27. The zero-order valence-electron chi connectivity index (χ0n) is 32.0. The number of unbranched alkanes of at least 4 members (excludes halogenated alkanes) is 20. The molecule has 284 valence electrons. The Balaban J connectivity index is 4.13. The van der Waals surface area contributed by atoms with Gasteiger partial charge in [-0.1, -0.05) is 141 Å². The first kappa shape index (κ1) is 47.0. The van der Waals surface area contributed by atoms with Gasteiger partial charge in [0.05, 0.1) is 39.9 Å². The second-order valence-electron chi connectivity index (χ2n) is 14.7. The number of allylic oxidation sites excluding steroid dienone is 3.